The summed E-state index contributed by atoms with van der Waals surface area (Å²) in [5.74, 6) is 1.12. The normalized spacial score (nSPS) is 11.5. The van der Waals surface area contributed by atoms with Gasteiger partial charge in [-0.3, -0.25) is 0 Å². The molecule has 0 amide bonds. The molecule has 0 aromatic heterocycles. The molecule has 8 heteroatoms. The maximum atomic E-state index is 11.3. The molecule has 0 saturated carbocycles. The predicted octanol–water partition coefficient (Wildman–Crippen LogP) is 3.79. The molecular weight excluding hydrogens is 376 g/mol. The molecule has 0 atom stereocenters. The first kappa shape index (κ1) is 20.4. The van der Waals surface area contributed by atoms with Crippen molar-refractivity contribution < 1.29 is 17.9 Å². The maximum Gasteiger partial charge on any atom is 0.238 e. The highest BCUT2D eigenvalue weighted by atomic mass is 35.5. The summed E-state index contributed by atoms with van der Waals surface area (Å²) in [4.78, 5) is 0.0694. The summed E-state index contributed by atoms with van der Waals surface area (Å²) in [7, 11) is -3.69. The molecule has 0 spiro atoms. The van der Waals surface area contributed by atoms with Crippen molar-refractivity contribution in [1.82, 2.24) is 0 Å². The summed E-state index contributed by atoms with van der Waals surface area (Å²) in [6.45, 7) is 6.72. The van der Waals surface area contributed by atoms with Gasteiger partial charge in [-0.1, -0.05) is 11.6 Å². The summed E-state index contributed by atoms with van der Waals surface area (Å²) < 4.78 is 34.0. The van der Waals surface area contributed by atoms with E-state index < -0.39 is 10.0 Å². The van der Waals surface area contributed by atoms with Gasteiger partial charge in [0.15, 0.2) is 11.5 Å². The zero-order valence-corrected chi connectivity index (χ0v) is 16.5. The second-order valence-electron chi connectivity index (χ2n) is 5.93. The number of halogens is 1. The van der Waals surface area contributed by atoms with Crippen LogP contribution in [0.5, 0.6) is 11.5 Å². The van der Waals surface area contributed by atoms with Gasteiger partial charge in [0, 0.05) is 12.2 Å². The lowest BCUT2D eigenvalue weighted by atomic mass is 10.2. The number of hydrogen-bond acceptors (Lipinski definition) is 5. The van der Waals surface area contributed by atoms with E-state index in [0.717, 1.165) is 11.3 Å². The third-order valence-corrected chi connectivity index (χ3v) is 4.61. The maximum absolute atomic E-state index is 11.3. The van der Waals surface area contributed by atoms with E-state index in [1.54, 1.807) is 12.1 Å². The number of primary sulfonamides is 1. The molecule has 0 radical (unpaired) electrons. The summed E-state index contributed by atoms with van der Waals surface area (Å²) in [6, 6.07) is 9.90. The standard InChI is InChI=1S/C18H23ClN2O4S/c1-4-24-17-10-13(9-16(19)18(17)25-12(2)3)11-21-14-5-7-15(8-6-14)26(20,22)23/h5-10,12,21H,4,11H2,1-3H3,(H2,20,22,23). The first-order valence-electron chi connectivity index (χ1n) is 8.19. The van der Waals surface area contributed by atoms with Crippen molar-refractivity contribution in [3.8, 4) is 11.5 Å². The van der Waals surface area contributed by atoms with Crippen molar-refractivity contribution in [2.24, 2.45) is 5.14 Å². The van der Waals surface area contributed by atoms with Crippen molar-refractivity contribution >= 4 is 27.3 Å². The molecule has 142 valence electrons. The molecule has 0 aliphatic heterocycles. The number of benzene rings is 2. The van der Waals surface area contributed by atoms with E-state index >= 15 is 0 Å². The van der Waals surface area contributed by atoms with E-state index in [0.29, 0.717) is 29.7 Å². The van der Waals surface area contributed by atoms with Crippen LogP contribution in [0.25, 0.3) is 0 Å². The number of ether oxygens (including phenoxy) is 2. The summed E-state index contributed by atoms with van der Waals surface area (Å²) in [5, 5.41) is 8.78. The molecule has 6 nitrogen and oxygen atoms in total. The minimum atomic E-state index is -3.69. The number of nitrogens with one attached hydrogen (secondary N) is 1. The Morgan fingerprint density at radius 3 is 2.38 bits per heavy atom. The van der Waals surface area contributed by atoms with Crippen LogP contribution in [0.15, 0.2) is 41.3 Å². The van der Waals surface area contributed by atoms with Crippen LogP contribution in [0, 0.1) is 0 Å². The molecule has 26 heavy (non-hydrogen) atoms. The van der Waals surface area contributed by atoms with Crippen molar-refractivity contribution in [1.29, 1.82) is 0 Å². The fourth-order valence-electron chi connectivity index (χ4n) is 2.30. The molecule has 0 heterocycles. The minimum Gasteiger partial charge on any atom is -0.490 e. The van der Waals surface area contributed by atoms with Gasteiger partial charge in [0.25, 0.3) is 0 Å². The molecule has 0 fully saturated rings. The number of anilines is 1. The fraction of sp³-hybridized carbons (Fsp3) is 0.333. The Hall–Kier alpha value is -1.96. The van der Waals surface area contributed by atoms with Crippen LogP contribution in [0.1, 0.15) is 26.3 Å². The fourth-order valence-corrected chi connectivity index (χ4v) is 3.10. The zero-order valence-electron chi connectivity index (χ0n) is 15.0. The highest BCUT2D eigenvalue weighted by Gasteiger charge is 2.14. The summed E-state index contributed by atoms with van der Waals surface area (Å²) in [6.07, 6.45) is -0.0204. The molecular formula is C18H23ClN2O4S. The van der Waals surface area contributed by atoms with Gasteiger partial charge in [-0.25, -0.2) is 13.6 Å². The molecule has 0 aliphatic rings. The van der Waals surface area contributed by atoms with Crippen molar-refractivity contribution in [3.63, 3.8) is 0 Å². The molecule has 2 aromatic carbocycles. The lowest BCUT2D eigenvalue weighted by molar-refractivity contribution is 0.224. The Balaban J connectivity index is 2.16. The van der Waals surface area contributed by atoms with Gasteiger partial charge in [0.1, 0.15) is 0 Å². The Labute approximate surface area is 159 Å². The van der Waals surface area contributed by atoms with Gasteiger partial charge < -0.3 is 14.8 Å². The van der Waals surface area contributed by atoms with Crippen molar-refractivity contribution in [2.75, 3.05) is 11.9 Å². The Morgan fingerprint density at radius 1 is 1.19 bits per heavy atom. The number of nitrogens with two attached hydrogens (primary N) is 1. The molecule has 0 unspecified atom stereocenters. The molecule has 2 rings (SSSR count). The molecule has 0 saturated heterocycles. The predicted molar refractivity (Wildman–Crippen MR) is 104 cm³/mol. The van der Waals surface area contributed by atoms with Gasteiger partial charge in [-0.05, 0) is 62.7 Å². The van der Waals surface area contributed by atoms with E-state index in [1.807, 2.05) is 32.9 Å². The van der Waals surface area contributed by atoms with Gasteiger partial charge >= 0.3 is 0 Å². The topological polar surface area (TPSA) is 90.6 Å². The van der Waals surface area contributed by atoms with Gasteiger partial charge in [0.2, 0.25) is 10.0 Å². The van der Waals surface area contributed by atoms with Gasteiger partial charge in [-0.2, -0.15) is 0 Å². The van der Waals surface area contributed by atoms with Crippen LogP contribution >= 0.6 is 11.6 Å². The SMILES string of the molecule is CCOc1cc(CNc2ccc(S(N)(=O)=O)cc2)cc(Cl)c1OC(C)C. The van der Waals surface area contributed by atoms with Crippen LogP contribution in [0.4, 0.5) is 5.69 Å². The lowest BCUT2D eigenvalue weighted by Gasteiger charge is -2.17. The monoisotopic (exact) mass is 398 g/mol. The van der Waals surface area contributed by atoms with Crippen LogP contribution in [0.2, 0.25) is 5.02 Å². The van der Waals surface area contributed by atoms with Crippen molar-refractivity contribution in [2.45, 2.75) is 38.3 Å². The number of sulfonamides is 1. The van der Waals surface area contributed by atoms with Crippen LogP contribution in [0.3, 0.4) is 0 Å². The van der Waals surface area contributed by atoms with Crippen LogP contribution < -0.4 is 19.9 Å². The lowest BCUT2D eigenvalue weighted by Crippen LogP contribution is -2.12. The largest absolute Gasteiger partial charge is 0.490 e. The molecule has 3 N–H and O–H groups in total. The van der Waals surface area contributed by atoms with Crippen LogP contribution in [-0.2, 0) is 16.6 Å². The van der Waals surface area contributed by atoms with E-state index in [4.69, 9.17) is 26.2 Å². The second kappa shape index (κ2) is 8.62. The zero-order chi connectivity index (χ0) is 19.3. The van der Waals surface area contributed by atoms with Gasteiger partial charge in [-0.15, -0.1) is 0 Å². The van der Waals surface area contributed by atoms with E-state index in [-0.39, 0.29) is 11.0 Å². The molecule has 0 bridgehead atoms. The highest BCUT2D eigenvalue weighted by molar-refractivity contribution is 7.89. The minimum absolute atomic E-state index is 0.0204. The Morgan fingerprint density at radius 2 is 1.85 bits per heavy atom. The molecule has 2 aromatic rings. The average molecular weight is 399 g/mol. The number of hydrogen-bond donors (Lipinski definition) is 2. The van der Waals surface area contributed by atoms with Gasteiger partial charge in [0.05, 0.1) is 22.6 Å². The number of rotatable bonds is 8. The quantitative estimate of drug-likeness (QED) is 0.706. The van der Waals surface area contributed by atoms with Crippen LogP contribution in [-0.4, -0.2) is 21.1 Å². The molecule has 0 aliphatic carbocycles. The first-order chi connectivity index (χ1) is 12.2. The van der Waals surface area contributed by atoms with E-state index in [1.165, 1.54) is 12.1 Å². The second-order valence-corrected chi connectivity index (χ2v) is 7.90. The van der Waals surface area contributed by atoms with E-state index in [9.17, 15) is 8.42 Å². The summed E-state index contributed by atoms with van der Waals surface area (Å²) in [5.41, 5.74) is 1.67. The third kappa shape index (κ3) is 5.52. The smallest absolute Gasteiger partial charge is 0.238 e. The van der Waals surface area contributed by atoms with Crippen molar-refractivity contribution in [3.05, 3.63) is 47.0 Å². The highest BCUT2D eigenvalue weighted by Crippen LogP contribution is 2.37. The third-order valence-electron chi connectivity index (χ3n) is 3.40. The summed E-state index contributed by atoms with van der Waals surface area (Å²) >= 11 is 6.35. The first-order valence-corrected chi connectivity index (χ1v) is 10.1. The Kier molecular flexibility index (Phi) is 6.75. The average Bonchev–Trinajstić information content (AvgIpc) is 2.55. The Bertz CT molecular complexity index is 852. The van der Waals surface area contributed by atoms with E-state index in [2.05, 4.69) is 5.32 Å².